The van der Waals surface area contributed by atoms with Crippen LogP contribution in [0.1, 0.15) is 27.7 Å². The number of hydrogen-bond acceptors (Lipinski definition) is 2. The third kappa shape index (κ3) is 3.65. The van der Waals surface area contributed by atoms with Crippen LogP contribution in [0.2, 0.25) is 0 Å². The van der Waals surface area contributed by atoms with E-state index in [1.807, 2.05) is 0 Å². The number of rotatable bonds is 2. The highest BCUT2D eigenvalue weighted by Crippen LogP contribution is 2.31. The molecule has 0 heterocycles. The molecule has 0 radical (unpaired) electrons. The Hall–Kier alpha value is -0.180. The van der Waals surface area contributed by atoms with Crippen LogP contribution < -0.4 is 5.32 Å². The molecule has 66 valence electrons. The Morgan fingerprint density at radius 1 is 1.45 bits per heavy atom. The van der Waals surface area contributed by atoms with Gasteiger partial charge in [-0.3, -0.25) is 5.41 Å². The van der Waals surface area contributed by atoms with Crippen LogP contribution in [-0.4, -0.2) is 17.0 Å². The van der Waals surface area contributed by atoms with Gasteiger partial charge in [0, 0.05) is 11.8 Å². The molecule has 0 atom stereocenters. The Balaban J connectivity index is 4.01. The lowest BCUT2D eigenvalue weighted by Crippen LogP contribution is -2.28. The van der Waals surface area contributed by atoms with Crippen molar-refractivity contribution in [2.45, 2.75) is 32.4 Å². The van der Waals surface area contributed by atoms with E-state index in [0.29, 0.717) is 11.1 Å². The van der Waals surface area contributed by atoms with Crippen LogP contribution in [0.3, 0.4) is 0 Å². The van der Waals surface area contributed by atoms with Gasteiger partial charge in [0.05, 0.1) is 0 Å². The van der Waals surface area contributed by atoms with Gasteiger partial charge in [-0.05, 0) is 19.8 Å². The van der Waals surface area contributed by atoms with Gasteiger partial charge < -0.3 is 5.32 Å². The van der Waals surface area contributed by atoms with Crippen molar-refractivity contribution in [1.29, 1.82) is 5.41 Å². The van der Waals surface area contributed by atoms with E-state index in [2.05, 4.69) is 33.0 Å². The Morgan fingerprint density at radius 3 is 2.18 bits per heavy atom. The van der Waals surface area contributed by atoms with Crippen LogP contribution >= 0.6 is 11.8 Å². The highest BCUT2D eigenvalue weighted by atomic mass is 32.2. The van der Waals surface area contributed by atoms with E-state index in [1.54, 1.807) is 18.8 Å². The van der Waals surface area contributed by atoms with Gasteiger partial charge in [-0.1, -0.05) is 25.6 Å². The average Bonchev–Trinajstić information content (AvgIpc) is 1.86. The Bertz CT molecular complexity index is 141. The van der Waals surface area contributed by atoms with Crippen molar-refractivity contribution in [3.63, 3.8) is 0 Å². The molecule has 0 aromatic rings. The van der Waals surface area contributed by atoms with Crippen molar-refractivity contribution in [3.05, 3.63) is 0 Å². The molecule has 0 saturated heterocycles. The minimum absolute atomic E-state index is 0.153. The zero-order chi connectivity index (χ0) is 9.07. The molecular formula is C8H18N2S. The fourth-order valence-electron chi connectivity index (χ4n) is 0.432. The molecule has 0 unspecified atom stereocenters. The molecule has 2 nitrogen and oxygen atoms in total. The summed E-state index contributed by atoms with van der Waals surface area (Å²) in [5, 5.41) is 10.8. The van der Waals surface area contributed by atoms with Gasteiger partial charge in [0.25, 0.3) is 0 Å². The van der Waals surface area contributed by atoms with Crippen molar-refractivity contribution in [3.8, 4) is 0 Å². The first-order valence-electron chi connectivity index (χ1n) is 3.85. The quantitative estimate of drug-likeness (QED) is 0.498. The molecular weight excluding hydrogens is 156 g/mol. The van der Waals surface area contributed by atoms with Crippen molar-refractivity contribution in [2.75, 3.05) is 7.05 Å². The standard InChI is InChI=1S/C8H18N2S/c1-6(2)8(3,4)11-7(9)10-5/h6H,1-5H3,(H2,9,10). The van der Waals surface area contributed by atoms with E-state index < -0.39 is 0 Å². The first-order valence-corrected chi connectivity index (χ1v) is 4.67. The summed E-state index contributed by atoms with van der Waals surface area (Å²) < 4.78 is 0.153. The molecule has 0 fully saturated rings. The maximum absolute atomic E-state index is 7.44. The number of amidine groups is 1. The van der Waals surface area contributed by atoms with E-state index in [9.17, 15) is 0 Å². The highest BCUT2D eigenvalue weighted by molar-refractivity contribution is 8.14. The fourth-order valence-corrected chi connectivity index (χ4v) is 1.30. The average molecular weight is 174 g/mol. The summed E-state index contributed by atoms with van der Waals surface area (Å²) in [6, 6.07) is 0. The summed E-state index contributed by atoms with van der Waals surface area (Å²) in [4.78, 5) is 0. The zero-order valence-corrected chi connectivity index (χ0v) is 8.80. The van der Waals surface area contributed by atoms with Crippen LogP contribution in [0.4, 0.5) is 0 Å². The molecule has 11 heavy (non-hydrogen) atoms. The Labute approximate surface area is 73.7 Å². The second-order valence-corrected chi connectivity index (χ2v) is 5.10. The van der Waals surface area contributed by atoms with Crippen molar-refractivity contribution >= 4 is 16.9 Å². The monoisotopic (exact) mass is 174 g/mol. The molecule has 0 aromatic carbocycles. The van der Waals surface area contributed by atoms with Crippen LogP contribution in [0.5, 0.6) is 0 Å². The van der Waals surface area contributed by atoms with E-state index in [1.165, 1.54) is 0 Å². The van der Waals surface area contributed by atoms with Crippen molar-refractivity contribution in [2.24, 2.45) is 5.92 Å². The third-order valence-corrected chi connectivity index (χ3v) is 3.39. The van der Waals surface area contributed by atoms with Gasteiger partial charge in [-0.15, -0.1) is 0 Å². The van der Waals surface area contributed by atoms with Gasteiger partial charge in [0.1, 0.15) is 0 Å². The van der Waals surface area contributed by atoms with E-state index >= 15 is 0 Å². The smallest absolute Gasteiger partial charge is 0.153 e. The molecule has 0 aliphatic carbocycles. The van der Waals surface area contributed by atoms with Crippen LogP contribution in [-0.2, 0) is 0 Å². The van der Waals surface area contributed by atoms with Crippen LogP contribution in [0.15, 0.2) is 0 Å². The largest absolute Gasteiger partial charge is 0.368 e. The van der Waals surface area contributed by atoms with E-state index in [-0.39, 0.29) is 4.75 Å². The summed E-state index contributed by atoms with van der Waals surface area (Å²) in [7, 11) is 1.78. The number of nitrogens with one attached hydrogen (secondary N) is 2. The summed E-state index contributed by atoms with van der Waals surface area (Å²) in [6.45, 7) is 8.67. The number of thioether (sulfide) groups is 1. The SMILES string of the molecule is CNC(=N)SC(C)(C)C(C)C. The minimum atomic E-state index is 0.153. The van der Waals surface area contributed by atoms with Crippen LogP contribution in [0.25, 0.3) is 0 Å². The topological polar surface area (TPSA) is 35.9 Å². The van der Waals surface area contributed by atoms with Gasteiger partial charge in [-0.25, -0.2) is 0 Å². The van der Waals surface area contributed by atoms with Gasteiger partial charge in [-0.2, -0.15) is 0 Å². The fraction of sp³-hybridized carbons (Fsp3) is 0.875. The Kier molecular flexibility index (Phi) is 3.93. The highest BCUT2D eigenvalue weighted by Gasteiger charge is 2.24. The first-order chi connectivity index (χ1) is 4.90. The molecule has 0 spiro atoms. The zero-order valence-electron chi connectivity index (χ0n) is 7.99. The summed E-state index contributed by atoms with van der Waals surface area (Å²) in [5.41, 5.74) is 0. The molecule has 0 rings (SSSR count). The molecule has 3 heteroatoms. The molecule has 0 bridgehead atoms. The lowest BCUT2D eigenvalue weighted by Gasteiger charge is -2.28. The molecule has 0 aliphatic heterocycles. The second kappa shape index (κ2) is 4.00. The second-order valence-electron chi connectivity index (χ2n) is 3.44. The molecule has 0 aliphatic rings. The van der Waals surface area contributed by atoms with Crippen LogP contribution in [0, 0.1) is 11.3 Å². The third-order valence-electron chi connectivity index (χ3n) is 1.98. The molecule has 0 saturated carbocycles. The van der Waals surface area contributed by atoms with Gasteiger partial charge >= 0.3 is 0 Å². The minimum Gasteiger partial charge on any atom is -0.368 e. The maximum Gasteiger partial charge on any atom is 0.153 e. The lowest BCUT2D eigenvalue weighted by atomic mass is 10.00. The molecule has 2 N–H and O–H groups in total. The van der Waals surface area contributed by atoms with E-state index in [4.69, 9.17) is 5.41 Å². The Morgan fingerprint density at radius 2 is 1.91 bits per heavy atom. The summed E-state index contributed by atoms with van der Waals surface area (Å²) in [5.74, 6) is 0.584. The molecule has 0 amide bonds. The predicted molar refractivity (Wildman–Crippen MR) is 53.3 cm³/mol. The van der Waals surface area contributed by atoms with Gasteiger partial charge in [0.2, 0.25) is 0 Å². The first kappa shape index (κ1) is 10.8. The van der Waals surface area contributed by atoms with Gasteiger partial charge in [0.15, 0.2) is 5.17 Å². The summed E-state index contributed by atoms with van der Waals surface area (Å²) in [6.07, 6.45) is 0. The summed E-state index contributed by atoms with van der Waals surface area (Å²) >= 11 is 1.58. The van der Waals surface area contributed by atoms with Crippen molar-refractivity contribution in [1.82, 2.24) is 5.32 Å². The molecule has 0 aromatic heterocycles. The normalized spacial score (nSPS) is 11.8. The van der Waals surface area contributed by atoms with Crippen molar-refractivity contribution < 1.29 is 0 Å². The number of hydrogen-bond donors (Lipinski definition) is 2. The maximum atomic E-state index is 7.44. The lowest BCUT2D eigenvalue weighted by molar-refractivity contribution is 0.506. The van der Waals surface area contributed by atoms with E-state index in [0.717, 1.165) is 0 Å². The predicted octanol–water partition coefficient (Wildman–Crippen LogP) is 2.31.